The summed E-state index contributed by atoms with van der Waals surface area (Å²) in [7, 11) is 0. The maximum absolute atomic E-state index is 13.3. The molecule has 8 aromatic rings. The first-order valence-electron chi connectivity index (χ1n) is 13.5. The molecule has 0 aliphatic rings. The largest absolute Gasteiger partial charge is 0.433 e. The summed E-state index contributed by atoms with van der Waals surface area (Å²) in [5, 5.41) is 11.5. The lowest BCUT2D eigenvalue weighted by atomic mass is 9.84. The van der Waals surface area contributed by atoms with Gasteiger partial charge in [-0.05, 0) is 101 Å². The van der Waals surface area contributed by atoms with E-state index in [1.54, 1.807) is 0 Å². The predicted octanol–water partition coefficient (Wildman–Crippen LogP) is 10.9. The van der Waals surface area contributed by atoms with Crippen molar-refractivity contribution >= 4 is 53.9 Å². The number of nitrogens with zero attached hydrogens (tertiary/aromatic N) is 1. The van der Waals surface area contributed by atoms with E-state index in [1.165, 1.54) is 50.1 Å². The van der Waals surface area contributed by atoms with Crippen molar-refractivity contribution < 1.29 is 13.2 Å². The number of hydrogen-bond acceptors (Lipinski definition) is 1. The quantitative estimate of drug-likeness (QED) is 0.158. The topological polar surface area (TPSA) is 12.9 Å². The zero-order chi connectivity index (χ0) is 27.9. The summed E-state index contributed by atoms with van der Waals surface area (Å²) >= 11 is 0. The Labute approximate surface area is 233 Å². The smallest absolute Gasteiger partial charge is 0.251 e. The average molecular weight is 538 g/mol. The first kappa shape index (κ1) is 23.9. The Morgan fingerprint density at radius 3 is 1.37 bits per heavy atom. The van der Waals surface area contributed by atoms with Gasteiger partial charge in [0.05, 0.1) is 0 Å². The molecule has 0 atom stereocenters. The van der Waals surface area contributed by atoms with Gasteiger partial charge in [0.25, 0.3) is 0 Å². The molecule has 0 saturated heterocycles. The normalized spacial score (nSPS) is 12.4. The number of hydrogen-bond donors (Lipinski definition) is 0. The van der Waals surface area contributed by atoms with Gasteiger partial charge in [0.1, 0.15) is 5.69 Å². The molecule has 1 nitrogen and oxygen atoms in total. The van der Waals surface area contributed by atoms with Crippen LogP contribution in [0.5, 0.6) is 0 Å². The highest BCUT2D eigenvalue weighted by Gasteiger charge is 2.32. The van der Waals surface area contributed by atoms with Gasteiger partial charge in [-0.1, -0.05) is 91.0 Å². The Morgan fingerprint density at radius 2 is 0.951 bits per heavy atom. The number of benzene rings is 7. The van der Waals surface area contributed by atoms with Crippen molar-refractivity contribution in [2.24, 2.45) is 0 Å². The highest BCUT2D eigenvalue weighted by atomic mass is 19.4. The molecule has 0 amide bonds. The summed E-state index contributed by atoms with van der Waals surface area (Å²) in [6, 6.07) is 36.7. The van der Waals surface area contributed by atoms with Crippen molar-refractivity contribution in [2.75, 3.05) is 0 Å². The molecule has 196 valence electrons. The van der Waals surface area contributed by atoms with Gasteiger partial charge in [-0.3, -0.25) is 4.98 Å². The first-order valence-corrected chi connectivity index (χ1v) is 13.5. The van der Waals surface area contributed by atoms with Crippen molar-refractivity contribution in [3.8, 4) is 22.3 Å². The summed E-state index contributed by atoms with van der Waals surface area (Å²) in [6.07, 6.45) is -3.14. The van der Waals surface area contributed by atoms with E-state index in [2.05, 4.69) is 72.6 Å². The molecule has 4 heteroatoms. The van der Waals surface area contributed by atoms with E-state index >= 15 is 0 Å². The Hall–Kier alpha value is -4.96. The van der Waals surface area contributed by atoms with Crippen LogP contribution in [0.15, 0.2) is 115 Å². The van der Waals surface area contributed by atoms with Crippen molar-refractivity contribution in [2.45, 2.75) is 13.1 Å². The van der Waals surface area contributed by atoms with Gasteiger partial charge in [0.15, 0.2) is 0 Å². The van der Waals surface area contributed by atoms with E-state index in [4.69, 9.17) is 0 Å². The molecule has 1 heterocycles. The van der Waals surface area contributed by atoms with E-state index in [1.807, 2.05) is 36.4 Å². The van der Waals surface area contributed by atoms with Crippen molar-refractivity contribution in [1.82, 2.24) is 4.98 Å². The Balaban J connectivity index is 1.45. The molecule has 0 spiro atoms. The molecule has 1 aromatic heterocycles. The summed E-state index contributed by atoms with van der Waals surface area (Å²) in [6.45, 7) is 2.13. The van der Waals surface area contributed by atoms with E-state index in [-0.39, 0.29) is 0 Å². The highest BCUT2D eigenvalue weighted by molar-refractivity contribution is 6.26. The van der Waals surface area contributed by atoms with Crippen LogP contribution < -0.4 is 0 Å². The van der Waals surface area contributed by atoms with E-state index in [9.17, 15) is 13.2 Å². The Bertz CT molecular complexity index is 2170. The monoisotopic (exact) mass is 537 g/mol. The van der Waals surface area contributed by atoms with Gasteiger partial charge in [0, 0.05) is 11.8 Å². The molecular formula is C37H22F3N. The molecule has 0 N–H and O–H groups in total. The third kappa shape index (κ3) is 3.60. The number of rotatable bonds is 2. The van der Waals surface area contributed by atoms with E-state index in [0.717, 1.165) is 44.3 Å². The molecule has 0 bridgehead atoms. The number of halogens is 3. The lowest BCUT2D eigenvalue weighted by Gasteiger charge is -2.19. The molecule has 0 radical (unpaired) electrons. The second-order valence-electron chi connectivity index (χ2n) is 10.8. The molecule has 0 saturated carbocycles. The summed E-state index contributed by atoms with van der Waals surface area (Å²) in [4.78, 5) is 3.78. The zero-order valence-corrected chi connectivity index (χ0v) is 22.1. The maximum Gasteiger partial charge on any atom is 0.433 e. The summed E-state index contributed by atoms with van der Waals surface area (Å²) in [5.41, 5.74) is 4.11. The van der Waals surface area contributed by atoms with Gasteiger partial charge >= 0.3 is 6.18 Å². The molecule has 41 heavy (non-hydrogen) atoms. The molecule has 0 fully saturated rings. The number of aromatic nitrogens is 1. The van der Waals surface area contributed by atoms with Crippen molar-refractivity contribution in [1.29, 1.82) is 0 Å². The average Bonchev–Trinajstić information content (AvgIpc) is 2.97. The Morgan fingerprint density at radius 1 is 0.512 bits per heavy atom. The highest BCUT2D eigenvalue weighted by Crippen LogP contribution is 2.46. The standard InChI is InChI=1S/C37H22F3N/c1-21-16-22-10-12-24-18-27(19-25-13-11-23(17-21)33(22)34(24)25)36-30-8-4-2-6-28(30)35(29-7-3-5-9-31(29)36)26-14-15-32(41-20-26)37(38,39)40/h2-20H,1H3. The Kier molecular flexibility index (Phi) is 4.96. The van der Waals surface area contributed by atoms with Gasteiger partial charge in [-0.2, -0.15) is 13.2 Å². The second-order valence-corrected chi connectivity index (χ2v) is 10.8. The van der Waals surface area contributed by atoms with Gasteiger partial charge in [-0.15, -0.1) is 0 Å². The SMILES string of the molecule is Cc1cc2ccc3cc(-c4c5ccccc5c(-c5ccc(C(F)(F)F)nc5)c5ccccc45)cc4ccc(c1)c2c34. The van der Waals surface area contributed by atoms with Crippen molar-refractivity contribution in [3.63, 3.8) is 0 Å². The lowest BCUT2D eigenvalue weighted by molar-refractivity contribution is -0.141. The molecular weight excluding hydrogens is 515 g/mol. The summed E-state index contributed by atoms with van der Waals surface area (Å²) < 4.78 is 39.8. The van der Waals surface area contributed by atoms with Crippen LogP contribution in [0.4, 0.5) is 13.2 Å². The van der Waals surface area contributed by atoms with Crippen LogP contribution in [-0.2, 0) is 6.18 Å². The van der Waals surface area contributed by atoms with Crippen molar-refractivity contribution in [3.05, 3.63) is 127 Å². The van der Waals surface area contributed by atoms with Gasteiger partial charge in [0.2, 0.25) is 0 Å². The second kappa shape index (κ2) is 8.52. The molecule has 8 rings (SSSR count). The molecule has 0 aliphatic heterocycles. The minimum absolute atomic E-state index is 0.655. The number of pyridine rings is 1. The lowest BCUT2D eigenvalue weighted by Crippen LogP contribution is -2.07. The van der Waals surface area contributed by atoms with E-state index in [0.29, 0.717) is 5.56 Å². The van der Waals surface area contributed by atoms with Crippen LogP contribution in [0, 0.1) is 6.92 Å². The number of fused-ring (bicyclic) bond motifs is 2. The van der Waals surface area contributed by atoms with Crippen LogP contribution in [0.1, 0.15) is 11.3 Å². The van der Waals surface area contributed by atoms with Crippen LogP contribution in [0.25, 0.3) is 76.1 Å². The van der Waals surface area contributed by atoms with E-state index < -0.39 is 11.9 Å². The fourth-order valence-electron chi connectivity index (χ4n) is 6.60. The number of aryl methyl sites for hydroxylation is 1. The fourth-order valence-corrected chi connectivity index (χ4v) is 6.60. The van der Waals surface area contributed by atoms with Crippen LogP contribution in [-0.4, -0.2) is 4.98 Å². The third-order valence-electron chi connectivity index (χ3n) is 8.24. The van der Waals surface area contributed by atoms with Gasteiger partial charge < -0.3 is 0 Å². The maximum atomic E-state index is 13.3. The number of alkyl halides is 3. The molecule has 7 aromatic carbocycles. The first-order chi connectivity index (χ1) is 19.9. The predicted molar refractivity (Wildman–Crippen MR) is 164 cm³/mol. The summed E-state index contributed by atoms with van der Waals surface area (Å²) in [5.74, 6) is 0. The fraction of sp³-hybridized carbons (Fsp3) is 0.0541. The van der Waals surface area contributed by atoms with Gasteiger partial charge in [-0.25, -0.2) is 0 Å². The molecule has 0 aliphatic carbocycles. The molecule has 0 unspecified atom stereocenters. The van der Waals surface area contributed by atoms with Crippen LogP contribution in [0.2, 0.25) is 0 Å². The third-order valence-corrected chi connectivity index (χ3v) is 8.24. The zero-order valence-electron chi connectivity index (χ0n) is 22.1. The minimum atomic E-state index is -4.48. The van der Waals surface area contributed by atoms with Crippen LogP contribution in [0.3, 0.4) is 0 Å². The minimum Gasteiger partial charge on any atom is -0.251 e. The van der Waals surface area contributed by atoms with Crippen LogP contribution >= 0.6 is 0 Å².